The Bertz CT molecular complexity index is 1170. The van der Waals surface area contributed by atoms with Crippen LogP contribution in [-0.2, 0) is 17.8 Å². The van der Waals surface area contributed by atoms with Crippen molar-refractivity contribution in [3.63, 3.8) is 0 Å². The maximum atomic E-state index is 13.6. The molecule has 192 valence electrons. The SMILES string of the molecule is CC(C)c1c(C(=O)NCc2ccccn2)nn(-c2ccc(F)cc2)c1CC[C@@H](O)C[C@@H](O)CC(=O)[O-].[Na+]. The Balaban J connectivity index is 0.00000481. The number of aliphatic hydroxyl groups excluding tert-OH is 2. The molecule has 3 rings (SSSR count). The van der Waals surface area contributed by atoms with Gasteiger partial charge in [-0.25, -0.2) is 9.07 Å². The maximum Gasteiger partial charge on any atom is 1.00 e. The van der Waals surface area contributed by atoms with Gasteiger partial charge >= 0.3 is 29.6 Å². The average molecular weight is 521 g/mol. The Morgan fingerprint density at radius 2 is 1.81 bits per heavy atom. The minimum atomic E-state index is -1.40. The van der Waals surface area contributed by atoms with Gasteiger partial charge < -0.3 is 25.4 Å². The van der Waals surface area contributed by atoms with Crippen molar-refractivity contribution in [1.82, 2.24) is 20.1 Å². The molecule has 0 saturated carbocycles. The molecule has 37 heavy (non-hydrogen) atoms. The van der Waals surface area contributed by atoms with Crippen LogP contribution in [0, 0.1) is 5.82 Å². The van der Waals surface area contributed by atoms with Crippen LogP contribution in [0.2, 0.25) is 0 Å². The number of carboxylic acid groups (broad SMARTS) is 1. The molecule has 2 aromatic heterocycles. The van der Waals surface area contributed by atoms with E-state index in [0.717, 1.165) is 0 Å². The predicted octanol–water partition coefficient (Wildman–Crippen LogP) is -1.35. The van der Waals surface area contributed by atoms with Gasteiger partial charge in [0.15, 0.2) is 5.69 Å². The molecule has 0 fully saturated rings. The molecule has 2 atom stereocenters. The Hall–Kier alpha value is -2.63. The quantitative estimate of drug-likeness (QED) is 0.251. The topological polar surface area (TPSA) is 140 Å². The van der Waals surface area contributed by atoms with Gasteiger partial charge in [-0.15, -0.1) is 0 Å². The van der Waals surface area contributed by atoms with Crippen molar-refractivity contribution in [3.8, 4) is 5.69 Å². The normalized spacial score (nSPS) is 12.6. The van der Waals surface area contributed by atoms with Crippen LogP contribution in [0.1, 0.15) is 66.5 Å². The van der Waals surface area contributed by atoms with Crippen LogP contribution >= 0.6 is 0 Å². The second-order valence-electron chi connectivity index (χ2n) is 8.91. The average Bonchev–Trinajstić information content (AvgIpc) is 3.21. The van der Waals surface area contributed by atoms with Crippen molar-refractivity contribution in [2.24, 2.45) is 0 Å². The number of nitrogens with one attached hydrogen (secondary N) is 1. The number of amides is 1. The first-order valence-corrected chi connectivity index (χ1v) is 11.8. The molecular formula is C26H30FN4NaO5. The number of aromatic nitrogens is 3. The Kier molecular flexibility index (Phi) is 11.9. The minimum absolute atomic E-state index is 0. The third-order valence-electron chi connectivity index (χ3n) is 5.70. The van der Waals surface area contributed by atoms with Crippen LogP contribution in [0.4, 0.5) is 4.39 Å². The molecule has 9 nitrogen and oxygen atoms in total. The number of hydrogen-bond acceptors (Lipinski definition) is 7. The number of aliphatic carboxylic acids is 1. The monoisotopic (exact) mass is 520 g/mol. The number of carboxylic acids is 1. The zero-order chi connectivity index (χ0) is 26.2. The van der Waals surface area contributed by atoms with E-state index in [4.69, 9.17) is 0 Å². The summed E-state index contributed by atoms with van der Waals surface area (Å²) in [6.07, 6.45) is -0.814. The van der Waals surface area contributed by atoms with Gasteiger partial charge in [0.05, 0.1) is 30.1 Å². The number of aliphatic hydroxyl groups is 2. The largest absolute Gasteiger partial charge is 1.00 e. The summed E-state index contributed by atoms with van der Waals surface area (Å²) in [4.78, 5) is 28.1. The third kappa shape index (κ3) is 8.72. The van der Waals surface area contributed by atoms with E-state index >= 15 is 0 Å². The number of rotatable bonds is 12. The first-order chi connectivity index (χ1) is 17.2. The van der Waals surface area contributed by atoms with E-state index in [2.05, 4.69) is 15.4 Å². The molecule has 3 N–H and O–H groups in total. The molecule has 0 aliphatic carbocycles. The molecule has 0 spiro atoms. The molecule has 0 aliphatic rings. The Morgan fingerprint density at radius 3 is 2.41 bits per heavy atom. The van der Waals surface area contributed by atoms with Gasteiger partial charge in [0.2, 0.25) is 0 Å². The standard InChI is InChI=1S/C26H31FN4O5.Na/c1-16(2)24-22(11-10-20(32)13-21(33)14-23(34)35)31(19-8-6-17(27)7-9-19)30-25(24)26(36)29-15-18-5-3-4-12-28-18;/h3-9,12,16,20-21,32-33H,10-11,13-15H2,1-2H3,(H,29,36)(H,34,35);/q;+1/p-1/t20-,21-;/m1./s1. The minimum Gasteiger partial charge on any atom is -0.550 e. The zero-order valence-corrected chi connectivity index (χ0v) is 23.2. The summed E-state index contributed by atoms with van der Waals surface area (Å²) in [5.41, 5.74) is 2.79. The number of hydrogen-bond donors (Lipinski definition) is 3. The van der Waals surface area contributed by atoms with Crippen molar-refractivity contribution < 1.29 is 58.9 Å². The van der Waals surface area contributed by atoms with Crippen molar-refractivity contribution in [2.75, 3.05) is 0 Å². The first-order valence-electron chi connectivity index (χ1n) is 11.8. The Morgan fingerprint density at radius 1 is 1.11 bits per heavy atom. The van der Waals surface area contributed by atoms with Crippen LogP contribution in [-0.4, -0.2) is 49.1 Å². The van der Waals surface area contributed by atoms with Gasteiger partial charge in [0.1, 0.15) is 5.82 Å². The van der Waals surface area contributed by atoms with Gasteiger partial charge in [-0.05, 0) is 61.6 Å². The number of benzene rings is 1. The molecule has 2 heterocycles. The number of nitrogens with zero attached hydrogens (tertiary/aromatic N) is 3. The predicted molar refractivity (Wildman–Crippen MR) is 128 cm³/mol. The third-order valence-corrected chi connectivity index (χ3v) is 5.70. The van der Waals surface area contributed by atoms with Crippen LogP contribution in [0.5, 0.6) is 0 Å². The second-order valence-corrected chi connectivity index (χ2v) is 8.91. The molecule has 0 unspecified atom stereocenters. The number of halogens is 1. The summed E-state index contributed by atoms with van der Waals surface area (Å²) < 4.78 is 15.1. The van der Waals surface area contributed by atoms with Gasteiger partial charge in [-0.2, -0.15) is 5.10 Å². The van der Waals surface area contributed by atoms with Gasteiger partial charge in [-0.1, -0.05) is 19.9 Å². The molecular weight excluding hydrogens is 490 g/mol. The van der Waals surface area contributed by atoms with Crippen LogP contribution in [0.25, 0.3) is 5.69 Å². The van der Waals surface area contributed by atoms with Gasteiger partial charge in [0, 0.05) is 29.8 Å². The summed E-state index contributed by atoms with van der Waals surface area (Å²) in [6.45, 7) is 4.06. The summed E-state index contributed by atoms with van der Waals surface area (Å²) in [6, 6.07) is 11.1. The van der Waals surface area contributed by atoms with Crippen LogP contribution in [0.15, 0.2) is 48.7 Å². The van der Waals surface area contributed by atoms with Crippen molar-refractivity contribution >= 4 is 11.9 Å². The van der Waals surface area contributed by atoms with Gasteiger partial charge in [-0.3, -0.25) is 9.78 Å². The molecule has 0 bridgehead atoms. The summed E-state index contributed by atoms with van der Waals surface area (Å²) in [7, 11) is 0. The van der Waals surface area contributed by atoms with E-state index in [1.165, 1.54) is 12.1 Å². The van der Waals surface area contributed by atoms with E-state index in [1.807, 2.05) is 19.9 Å². The van der Waals surface area contributed by atoms with E-state index in [-0.39, 0.29) is 67.0 Å². The summed E-state index contributed by atoms with van der Waals surface area (Å²) in [5, 5.41) is 38.3. The summed E-state index contributed by atoms with van der Waals surface area (Å²) in [5.74, 6) is -2.31. The van der Waals surface area contributed by atoms with Crippen LogP contribution < -0.4 is 40.0 Å². The molecule has 3 aromatic rings. The van der Waals surface area contributed by atoms with Gasteiger partial charge in [0.25, 0.3) is 5.91 Å². The Labute approximate surface area is 237 Å². The van der Waals surface area contributed by atoms with Crippen LogP contribution in [0.3, 0.4) is 0 Å². The smallest absolute Gasteiger partial charge is 0.550 e. The molecule has 11 heteroatoms. The van der Waals surface area contributed by atoms with E-state index < -0.39 is 36.3 Å². The molecule has 1 aromatic carbocycles. The zero-order valence-electron chi connectivity index (χ0n) is 21.2. The molecule has 0 saturated heterocycles. The van der Waals surface area contributed by atoms with Crippen molar-refractivity contribution in [3.05, 3.63) is 77.1 Å². The molecule has 0 aliphatic heterocycles. The van der Waals surface area contributed by atoms with Crippen molar-refractivity contribution in [1.29, 1.82) is 0 Å². The number of pyridine rings is 1. The molecule has 1 amide bonds. The summed E-state index contributed by atoms with van der Waals surface area (Å²) >= 11 is 0. The fourth-order valence-electron chi connectivity index (χ4n) is 4.04. The van der Waals surface area contributed by atoms with E-state index in [0.29, 0.717) is 22.6 Å². The number of carbonyl (C=O) groups excluding carboxylic acids is 2. The first kappa shape index (κ1) is 30.6. The molecule has 0 radical (unpaired) electrons. The fourth-order valence-corrected chi connectivity index (χ4v) is 4.04. The van der Waals surface area contributed by atoms with E-state index in [9.17, 15) is 29.3 Å². The fraction of sp³-hybridized carbons (Fsp3) is 0.385. The van der Waals surface area contributed by atoms with Crippen molar-refractivity contribution in [2.45, 2.75) is 64.2 Å². The number of carbonyl (C=O) groups is 2. The van der Waals surface area contributed by atoms with E-state index in [1.54, 1.807) is 35.1 Å². The maximum absolute atomic E-state index is 13.6. The second kappa shape index (κ2) is 14.3.